The van der Waals surface area contributed by atoms with Gasteiger partial charge in [-0.2, -0.15) is 0 Å². The Balaban J connectivity index is 2.64. The first-order valence-electron chi connectivity index (χ1n) is 4.48. The van der Waals surface area contributed by atoms with Gasteiger partial charge in [-0.3, -0.25) is 9.59 Å². The molecular weight excluding hydrogens is 178 g/mol. The molecule has 0 aliphatic heterocycles. The summed E-state index contributed by atoms with van der Waals surface area (Å²) in [5.74, 6) is -0.257. The van der Waals surface area contributed by atoms with Crippen LogP contribution in [0.4, 0.5) is 0 Å². The maximum atomic E-state index is 10.9. The van der Waals surface area contributed by atoms with Gasteiger partial charge in [0.15, 0.2) is 5.78 Å². The highest BCUT2D eigenvalue weighted by Crippen LogP contribution is 2.06. The Kier molecular flexibility index (Phi) is 3.40. The van der Waals surface area contributed by atoms with E-state index >= 15 is 0 Å². The summed E-state index contributed by atoms with van der Waals surface area (Å²) >= 11 is 0. The summed E-state index contributed by atoms with van der Waals surface area (Å²) < 4.78 is 0. The van der Waals surface area contributed by atoms with Gasteiger partial charge in [-0.15, -0.1) is 0 Å². The zero-order valence-electron chi connectivity index (χ0n) is 8.12. The van der Waals surface area contributed by atoms with E-state index in [1.54, 1.807) is 12.1 Å². The van der Waals surface area contributed by atoms with Crippen LogP contribution < -0.4 is 5.73 Å². The van der Waals surface area contributed by atoms with Crippen molar-refractivity contribution in [1.82, 2.24) is 0 Å². The van der Waals surface area contributed by atoms with Gasteiger partial charge in [0, 0.05) is 12.0 Å². The fourth-order valence-corrected chi connectivity index (χ4v) is 1.17. The van der Waals surface area contributed by atoms with Crippen molar-refractivity contribution >= 4 is 11.7 Å². The van der Waals surface area contributed by atoms with Crippen LogP contribution in [0, 0.1) is 0 Å². The van der Waals surface area contributed by atoms with Crippen LogP contribution in [0.25, 0.3) is 0 Å². The first-order chi connectivity index (χ1) is 6.59. The summed E-state index contributed by atoms with van der Waals surface area (Å²) in [6, 6.07) is 7.22. The number of benzene rings is 1. The molecule has 0 aliphatic carbocycles. The average Bonchev–Trinajstić information content (AvgIpc) is 2.15. The maximum absolute atomic E-state index is 10.9. The van der Waals surface area contributed by atoms with Crippen LogP contribution >= 0.6 is 0 Å². The number of hydrogen-bond donors (Lipinski definition) is 1. The van der Waals surface area contributed by atoms with Crippen molar-refractivity contribution in [2.24, 2.45) is 5.73 Å². The third-order valence-electron chi connectivity index (χ3n) is 2.02. The fraction of sp³-hybridized carbons (Fsp3) is 0.273. The van der Waals surface area contributed by atoms with Gasteiger partial charge in [0.1, 0.15) is 0 Å². The number of rotatable bonds is 4. The molecule has 0 bridgehead atoms. The lowest BCUT2D eigenvalue weighted by atomic mass is 10.1. The maximum Gasteiger partial charge on any atom is 0.217 e. The van der Waals surface area contributed by atoms with Crippen LogP contribution in [0.5, 0.6) is 0 Å². The molecule has 2 N–H and O–H groups in total. The number of hydrogen-bond acceptors (Lipinski definition) is 2. The topological polar surface area (TPSA) is 60.2 Å². The van der Waals surface area contributed by atoms with Crippen molar-refractivity contribution in [2.75, 3.05) is 0 Å². The Morgan fingerprint density at radius 2 is 1.79 bits per heavy atom. The van der Waals surface area contributed by atoms with Crippen LogP contribution in [0.3, 0.4) is 0 Å². The van der Waals surface area contributed by atoms with E-state index in [2.05, 4.69) is 0 Å². The number of nitrogens with two attached hydrogens (primary N) is 1. The summed E-state index contributed by atoms with van der Waals surface area (Å²) in [6.07, 6.45) is 0.979. The third-order valence-corrected chi connectivity index (χ3v) is 2.02. The highest BCUT2D eigenvalue weighted by atomic mass is 16.1. The molecule has 0 fully saturated rings. The quantitative estimate of drug-likeness (QED) is 0.729. The van der Waals surface area contributed by atoms with E-state index in [0.29, 0.717) is 18.4 Å². The van der Waals surface area contributed by atoms with Crippen molar-refractivity contribution in [2.45, 2.75) is 19.8 Å². The van der Waals surface area contributed by atoms with Gasteiger partial charge in [0.2, 0.25) is 5.91 Å². The van der Waals surface area contributed by atoms with Gasteiger partial charge < -0.3 is 5.73 Å². The summed E-state index contributed by atoms with van der Waals surface area (Å²) in [6.45, 7) is 1.53. The van der Waals surface area contributed by atoms with E-state index < -0.39 is 0 Å². The Labute approximate surface area is 82.9 Å². The molecule has 1 amide bonds. The molecule has 1 aromatic rings. The molecule has 0 unspecified atom stereocenters. The van der Waals surface area contributed by atoms with Gasteiger partial charge in [-0.1, -0.05) is 24.3 Å². The summed E-state index contributed by atoms with van der Waals surface area (Å²) in [5.41, 5.74) is 6.74. The summed E-state index contributed by atoms with van der Waals surface area (Å²) in [7, 11) is 0. The van der Waals surface area contributed by atoms with Gasteiger partial charge in [-0.25, -0.2) is 0 Å². The van der Waals surface area contributed by atoms with Gasteiger partial charge in [0.25, 0.3) is 0 Å². The predicted molar refractivity (Wildman–Crippen MR) is 54.0 cm³/mol. The first-order valence-corrected chi connectivity index (χ1v) is 4.48. The van der Waals surface area contributed by atoms with E-state index in [-0.39, 0.29) is 11.7 Å². The molecule has 0 radical (unpaired) electrons. The predicted octanol–water partition coefficient (Wildman–Crippen LogP) is 1.31. The average molecular weight is 191 g/mol. The van der Waals surface area contributed by atoms with Crippen LogP contribution in [-0.4, -0.2) is 11.7 Å². The van der Waals surface area contributed by atoms with E-state index in [1.165, 1.54) is 6.92 Å². The molecule has 3 heteroatoms. The van der Waals surface area contributed by atoms with Gasteiger partial charge in [-0.05, 0) is 18.9 Å². The second-order valence-corrected chi connectivity index (χ2v) is 3.22. The lowest BCUT2D eigenvalue weighted by molar-refractivity contribution is -0.117. The standard InChI is InChI=1S/C11H13NO2/c1-8(13)10-5-2-9(3-6-10)4-7-11(12)14/h2-3,5-6H,4,7H2,1H3,(H2,12,14). The van der Waals surface area contributed by atoms with Crippen LogP contribution in [0.15, 0.2) is 24.3 Å². The smallest absolute Gasteiger partial charge is 0.217 e. The molecule has 14 heavy (non-hydrogen) atoms. The van der Waals surface area contributed by atoms with Crippen molar-refractivity contribution in [1.29, 1.82) is 0 Å². The zero-order valence-corrected chi connectivity index (χ0v) is 8.12. The lowest BCUT2D eigenvalue weighted by Crippen LogP contribution is -2.11. The monoisotopic (exact) mass is 191 g/mol. The van der Waals surface area contributed by atoms with E-state index in [1.807, 2.05) is 12.1 Å². The first kappa shape index (κ1) is 10.4. The van der Waals surface area contributed by atoms with Crippen molar-refractivity contribution in [3.63, 3.8) is 0 Å². The molecule has 0 aliphatic rings. The minimum Gasteiger partial charge on any atom is -0.370 e. The molecule has 0 saturated carbocycles. The highest BCUT2D eigenvalue weighted by Gasteiger charge is 2.00. The van der Waals surface area contributed by atoms with Gasteiger partial charge >= 0.3 is 0 Å². The summed E-state index contributed by atoms with van der Waals surface area (Å²) in [5, 5.41) is 0. The molecule has 0 heterocycles. The van der Waals surface area contributed by atoms with Crippen LogP contribution in [0.2, 0.25) is 0 Å². The third kappa shape index (κ3) is 3.01. The number of amides is 1. The van der Waals surface area contributed by atoms with Crippen molar-refractivity contribution < 1.29 is 9.59 Å². The summed E-state index contributed by atoms with van der Waals surface area (Å²) in [4.78, 5) is 21.5. The number of aryl methyl sites for hydroxylation is 1. The number of Topliss-reactive ketones (excluding diaryl/α,β-unsaturated/α-hetero) is 1. The van der Waals surface area contributed by atoms with Crippen LogP contribution in [0.1, 0.15) is 29.3 Å². The molecule has 0 atom stereocenters. The Bertz CT molecular complexity index is 341. The Morgan fingerprint density at radius 1 is 1.21 bits per heavy atom. The van der Waals surface area contributed by atoms with Crippen LogP contribution in [-0.2, 0) is 11.2 Å². The van der Waals surface area contributed by atoms with Gasteiger partial charge in [0.05, 0.1) is 0 Å². The lowest BCUT2D eigenvalue weighted by Gasteiger charge is -2.00. The number of carbonyl (C=O) groups excluding carboxylic acids is 2. The largest absolute Gasteiger partial charge is 0.370 e. The van der Waals surface area contributed by atoms with E-state index in [0.717, 1.165) is 5.56 Å². The number of carbonyl (C=O) groups is 2. The number of ketones is 1. The molecular formula is C11H13NO2. The molecule has 0 spiro atoms. The van der Waals surface area contributed by atoms with E-state index in [4.69, 9.17) is 5.73 Å². The highest BCUT2D eigenvalue weighted by molar-refractivity contribution is 5.94. The zero-order chi connectivity index (χ0) is 10.6. The number of primary amides is 1. The molecule has 1 aromatic carbocycles. The molecule has 1 rings (SSSR count). The Hall–Kier alpha value is -1.64. The normalized spacial score (nSPS) is 9.79. The minimum absolute atomic E-state index is 0.0476. The second-order valence-electron chi connectivity index (χ2n) is 3.22. The Morgan fingerprint density at radius 3 is 2.21 bits per heavy atom. The molecule has 0 saturated heterocycles. The molecule has 0 aromatic heterocycles. The van der Waals surface area contributed by atoms with E-state index in [9.17, 15) is 9.59 Å². The van der Waals surface area contributed by atoms with Crippen molar-refractivity contribution in [3.8, 4) is 0 Å². The SMILES string of the molecule is CC(=O)c1ccc(CCC(N)=O)cc1. The fourth-order valence-electron chi connectivity index (χ4n) is 1.17. The van der Waals surface area contributed by atoms with Crippen molar-refractivity contribution in [3.05, 3.63) is 35.4 Å². The minimum atomic E-state index is -0.305. The molecule has 74 valence electrons. The second kappa shape index (κ2) is 4.56. The molecule has 3 nitrogen and oxygen atoms in total.